The summed E-state index contributed by atoms with van der Waals surface area (Å²) in [5.74, 6) is 0. The second-order valence-electron chi connectivity index (χ2n) is 4.10. The average Bonchev–Trinajstić information content (AvgIpc) is 2.50. The summed E-state index contributed by atoms with van der Waals surface area (Å²) in [6, 6.07) is 10.3. The summed E-state index contributed by atoms with van der Waals surface area (Å²) in [5.41, 5.74) is -0.443. The van der Waals surface area contributed by atoms with Crippen molar-refractivity contribution in [1.82, 2.24) is 0 Å². The Balaban J connectivity index is 1.94. The molecular formula is C11H14O3SSe. The molecule has 1 aromatic carbocycles. The first kappa shape index (κ1) is 12.3. The van der Waals surface area contributed by atoms with E-state index < -0.39 is 17.0 Å². The van der Waals surface area contributed by atoms with E-state index in [0.717, 1.165) is 5.32 Å². The Hall–Kier alpha value is -0.191. The van der Waals surface area contributed by atoms with Crippen LogP contribution in [-0.2, 0) is 19.7 Å². The zero-order valence-electron chi connectivity index (χ0n) is 9.21. The summed E-state index contributed by atoms with van der Waals surface area (Å²) in [4.78, 5) is 0. The fourth-order valence-corrected chi connectivity index (χ4v) is 5.00. The van der Waals surface area contributed by atoms with Gasteiger partial charge in [0.05, 0.1) is 0 Å². The predicted molar refractivity (Wildman–Crippen MR) is 64.8 cm³/mol. The van der Waals surface area contributed by atoms with Crippen molar-refractivity contribution in [3.63, 3.8) is 0 Å². The Morgan fingerprint density at radius 3 is 2.62 bits per heavy atom. The van der Waals surface area contributed by atoms with Gasteiger partial charge in [-0.2, -0.15) is 0 Å². The van der Waals surface area contributed by atoms with Crippen LogP contribution in [-0.4, -0.2) is 30.9 Å². The first-order valence-electron chi connectivity index (χ1n) is 5.04. The summed E-state index contributed by atoms with van der Waals surface area (Å²) < 4.78 is 23.0. The Bertz CT molecular complexity index is 380. The van der Waals surface area contributed by atoms with Crippen LogP contribution in [0.2, 0.25) is 5.32 Å². The first-order valence-corrected chi connectivity index (χ1v) is 8.11. The molecule has 0 aromatic heterocycles. The van der Waals surface area contributed by atoms with Crippen LogP contribution in [0.1, 0.15) is 13.8 Å². The molecule has 5 heteroatoms. The average molecular weight is 305 g/mol. The molecule has 0 radical (unpaired) electrons. The Kier molecular flexibility index (Phi) is 3.82. The Morgan fingerprint density at radius 2 is 2.06 bits per heavy atom. The third-order valence-electron chi connectivity index (χ3n) is 2.40. The van der Waals surface area contributed by atoms with Crippen LogP contribution in [0.3, 0.4) is 0 Å². The monoisotopic (exact) mass is 306 g/mol. The first-order chi connectivity index (χ1) is 7.58. The quantitative estimate of drug-likeness (QED) is 0.788. The molecule has 2 atom stereocenters. The SMILES string of the molecule is CC1(C)OS(=O)O[C@@H]1C[Se]c1ccccc1. The maximum absolute atomic E-state index is 11.2. The van der Waals surface area contributed by atoms with E-state index in [-0.39, 0.29) is 6.10 Å². The van der Waals surface area contributed by atoms with Crippen molar-refractivity contribution in [2.75, 3.05) is 0 Å². The molecule has 0 amide bonds. The van der Waals surface area contributed by atoms with Gasteiger partial charge in [-0.15, -0.1) is 0 Å². The Morgan fingerprint density at radius 1 is 1.38 bits per heavy atom. The summed E-state index contributed by atoms with van der Waals surface area (Å²) in [6.07, 6.45) is -0.0754. The van der Waals surface area contributed by atoms with E-state index in [1.54, 1.807) is 0 Å². The molecule has 3 nitrogen and oxygen atoms in total. The van der Waals surface area contributed by atoms with Crippen molar-refractivity contribution in [1.29, 1.82) is 0 Å². The molecule has 88 valence electrons. The van der Waals surface area contributed by atoms with Gasteiger partial charge in [-0.25, -0.2) is 0 Å². The van der Waals surface area contributed by atoms with E-state index >= 15 is 0 Å². The molecule has 0 bridgehead atoms. The maximum atomic E-state index is 11.2. The van der Waals surface area contributed by atoms with Gasteiger partial charge in [-0.05, 0) is 0 Å². The number of hydrogen-bond acceptors (Lipinski definition) is 3. The van der Waals surface area contributed by atoms with Crippen LogP contribution in [0.5, 0.6) is 0 Å². The van der Waals surface area contributed by atoms with Crippen molar-refractivity contribution in [2.45, 2.75) is 30.9 Å². The van der Waals surface area contributed by atoms with Crippen LogP contribution in [0, 0.1) is 0 Å². The fraction of sp³-hybridized carbons (Fsp3) is 0.455. The van der Waals surface area contributed by atoms with Crippen molar-refractivity contribution in [3.8, 4) is 0 Å². The van der Waals surface area contributed by atoms with Gasteiger partial charge in [0.2, 0.25) is 0 Å². The normalized spacial score (nSPS) is 28.1. The van der Waals surface area contributed by atoms with Gasteiger partial charge >= 0.3 is 105 Å². The van der Waals surface area contributed by atoms with E-state index in [9.17, 15) is 4.21 Å². The summed E-state index contributed by atoms with van der Waals surface area (Å²) >= 11 is -1.24. The van der Waals surface area contributed by atoms with E-state index in [1.807, 2.05) is 32.0 Å². The molecule has 1 aromatic rings. The molecular weight excluding hydrogens is 291 g/mol. The molecule has 1 heterocycles. The molecule has 0 saturated carbocycles. The van der Waals surface area contributed by atoms with Crippen LogP contribution in [0.4, 0.5) is 0 Å². The second kappa shape index (κ2) is 4.98. The van der Waals surface area contributed by atoms with E-state index in [0.29, 0.717) is 15.0 Å². The Labute approximate surface area is 105 Å². The molecule has 1 aliphatic heterocycles. The summed E-state index contributed by atoms with van der Waals surface area (Å²) in [5, 5.41) is 0.885. The third kappa shape index (κ3) is 2.93. The van der Waals surface area contributed by atoms with Gasteiger partial charge in [0.25, 0.3) is 0 Å². The number of hydrogen-bond donors (Lipinski definition) is 0. The van der Waals surface area contributed by atoms with Gasteiger partial charge in [0, 0.05) is 0 Å². The molecule has 1 aliphatic rings. The minimum absolute atomic E-state index is 0.0754. The predicted octanol–water partition coefficient (Wildman–Crippen LogP) is 1.21. The van der Waals surface area contributed by atoms with Gasteiger partial charge in [0.1, 0.15) is 0 Å². The summed E-state index contributed by atoms with van der Waals surface area (Å²) in [7, 11) is 0. The molecule has 0 N–H and O–H groups in total. The van der Waals surface area contributed by atoms with Gasteiger partial charge < -0.3 is 0 Å². The second-order valence-corrected chi connectivity index (χ2v) is 7.16. The van der Waals surface area contributed by atoms with E-state index in [1.165, 1.54) is 4.46 Å². The van der Waals surface area contributed by atoms with Crippen molar-refractivity contribution in [2.24, 2.45) is 0 Å². The van der Waals surface area contributed by atoms with E-state index in [2.05, 4.69) is 12.1 Å². The molecule has 2 rings (SSSR count). The standard InChI is InChI=1S/C11H14O3SSe/c1-11(2)10(13-15(12)14-11)8-16-9-6-4-3-5-7-9/h3-7,10H,8H2,1-2H3/t10-,15?/m1/s1. The van der Waals surface area contributed by atoms with Gasteiger partial charge in [-0.3, -0.25) is 0 Å². The molecule has 1 unspecified atom stereocenters. The molecule has 1 fully saturated rings. The zero-order valence-corrected chi connectivity index (χ0v) is 11.7. The molecule has 0 aliphatic carbocycles. The zero-order chi connectivity index (χ0) is 11.6. The van der Waals surface area contributed by atoms with Crippen LogP contribution in [0.15, 0.2) is 30.3 Å². The topological polar surface area (TPSA) is 35.5 Å². The van der Waals surface area contributed by atoms with Gasteiger partial charge in [-0.1, -0.05) is 0 Å². The van der Waals surface area contributed by atoms with E-state index in [4.69, 9.17) is 8.37 Å². The van der Waals surface area contributed by atoms with Crippen LogP contribution >= 0.6 is 0 Å². The minimum atomic E-state index is -1.57. The number of benzene rings is 1. The van der Waals surface area contributed by atoms with Crippen LogP contribution < -0.4 is 4.46 Å². The molecule has 16 heavy (non-hydrogen) atoms. The van der Waals surface area contributed by atoms with Crippen molar-refractivity contribution >= 4 is 30.8 Å². The third-order valence-corrected chi connectivity index (χ3v) is 5.61. The fourth-order valence-electron chi connectivity index (χ4n) is 1.38. The van der Waals surface area contributed by atoms with Crippen molar-refractivity contribution < 1.29 is 12.6 Å². The van der Waals surface area contributed by atoms with Gasteiger partial charge in [0.15, 0.2) is 0 Å². The molecule has 0 spiro atoms. The van der Waals surface area contributed by atoms with Crippen LogP contribution in [0.25, 0.3) is 0 Å². The van der Waals surface area contributed by atoms with Crippen molar-refractivity contribution in [3.05, 3.63) is 30.3 Å². The number of rotatable bonds is 3. The molecule has 1 saturated heterocycles. The summed E-state index contributed by atoms with van der Waals surface area (Å²) in [6.45, 7) is 3.84.